The molecule has 1 heterocycles. The second-order valence-corrected chi connectivity index (χ2v) is 9.60. The van der Waals surface area contributed by atoms with Gasteiger partial charge in [-0.3, -0.25) is 14.4 Å². The highest BCUT2D eigenvalue weighted by Gasteiger charge is 2.49. The number of aliphatic hydroxyl groups excluding tert-OH is 1. The number of phenolic OH excluding ortho intramolecular Hbond substituents is 1. The van der Waals surface area contributed by atoms with Crippen LogP contribution in [-0.4, -0.2) is 32.5 Å². The third-order valence-corrected chi connectivity index (χ3v) is 7.47. The number of carbonyl (C=O) groups excluding carboxylic acids is 3. The van der Waals surface area contributed by atoms with E-state index in [1.165, 1.54) is 19.2 Å². The molecule has 0 radical (unpaired) electrons. The number of fused-ring (bicyclic) bond motifs is 3. The van der Waals surface area contributed by atoms with Crippen molar-refractivity contribution in [1.29, 1.82) is 0 Å². The molecule has 1 aromatic heterocycles. The van der Waals surface area contributed by atoms with Crippen LogP contribution in [0.2, 0.25) is 0 Å². The van der Waals surface area contributed by atoms with Gasteiger partial charge in [0.05, 0.1) is 17.1 Å². The monoisotopic (exact) mass is 461 g/mol. The van der Waals surface area contributed by atoms with Gasteiger partial charge in [0.2, 0.25) is 5.95 Å². The summed E-state index contributed by atoms with van der Waals surface area (Å²) >= 11 is 0. The first kappa shape index (κ1) is 22.2. The fraction of sp³-hybridized carbons (Fsp3) is 0.333. The summed E-state index contributed by atoms with van der Waals surface area (Å²) in [5.74, 6) is -3.83. The van der Waals surface area contributed by atoms with E-state index in [0.717, 1.165) is 0 Å². The SMILES string of the molecule is CC(=O)C1=C(C)CC2CC3Cc4c(-c5ccc(F)nc5)cc(C)c(O)c4C(=O)C3=C(O)C2C1=O. The Balaban J connectivity index is 1.67. The van der Waals surface area contributed by atoms with E-state index in [4.69, 9.17) is 0 Å². The lowest BCUT2D eigenvalue weighted by Gasteiger charge is -2.41. The molecule has 0 saturated heterocycles. The van der Waals surface area contributed by atoms with Crippen LogP contribution in [0.1, 0.15) is 48.2 Å². The van der Waals surface area contributed by atoms with E-state index in [1.54, 1.807) is 26.0 Å². The molecule has 3 aliphatic carbocycles. The molecule has 0 amide bonds. The summed E-state index contributed by atoms with van der Waals surface area (Å²) in [6, 6.07) is 4.58. The van der Waals surface area contributed by atoms with Crippen molar-refractivity contribution in [2.24, 2.45) is 17.8 Å². The summed E-state index contributed by atoms with van der Waals surface area (Å²) in [7, 11) is 0. The third kappa shape index (κ3) is 3.14. The van der Waals surface area contributed by atoms with E-state index in [9.17, 15) is 29.0 Å². The van der Waals surface area contributed by atoms with E-state index in [1.807, 2.05) is 0 Å². The number of benzene rings is 1. The normalized spacial score (nSPS) is 24.1. The number of aliphatic hydroxyl groups is 1. The Kier molecular flexibility index (Phi) is 5.04. The van der Waals surface area contributed by atoms with Gasteiger partial charge in [-0.05, 0) is 86.8 Å². The number of ketones is 3. The number of hydrogen-bond acceptors (Lipinski definition) is 6. The van der Waals surface area contributed by atoms with Crippen molar-refractivity contribution in [2.45, 2.75) is 40.0 Å². The molecule has 6 nitrogen and oxygen atoms in total. The fourth-order valence-electron chi connectivity index (χ4n) is 6.06. The Morgan fingerprint density at radius 2 is 1.88 bits per heavy atom. The number of aryl methyl sites for hydroxylation is 1. The lowest BCUT2D eigenvalue weighted by Crippen LogP contribution is -2.42. The number of rotatable bonds is 2. The van der Waals surface area contributed by atoms with Crippen LogP contribution in [0.25, 0.3) is 11.1 Å². The molecule has 0 bridgehead atoms. The van der Waals surface area contributed by atoms with Gasteiger partial charge in [0.15, 0.2) is 17.3 Å². The molecule has 5 rings (SSSR count). The summed E-state index contributed by atoms with van der Waals surface area (Å²) in [4.78, 5) is 42.7. The lowest BCUT2D eigenvalue weighted by atomic mass is 9.61. The van der Waals surface area contributed by atoms with E-state index < -0.39 is 23.4 Å². The highest BCUT2D eigenvalue weighted by atomic mass is 19.1. The minimum absolute atomic E-state index is 0.0948. The van der Waals surface area contributed by atoms with Crippen LogP contribution in [-0.2, 0) is 16.0 Å². The first-order chi connectivity index (χ1) is 16.1. The zero-order chi connectivity index (χ0) is 24.5. The Hall–Kier alpha value is -3.61. The van der Waals surface area contributed by atoms with Gasteiger partial charge in [-0.15, -0.1) is 0 Å². The highest BCUT2D eigenvalue weighted by molar-refractivity contribution is 6.22. The van der Waals surface area contributed by atoms with Crippen molar-refractivity contribution in [3.05, 3.63) is 69.5 Å². The molecule has 0 spiro atoms. The number of aromatic hydroxyl groups is 1. The molecule has 3 unspecified atom stereocenters. The number of nitrogens with zero attached hydrogens (tertiary/aromatic N) is 1. The van der Waals surface area contributed by atoms with Crippen LogP contribution in [0.15, 0.2) is 46.9 Å². The van der Waals surface area contributed by atoms with E-state index >= 15 is 0 Å². The number of carbonyl (C=O) groups is 3. The van der Waals surface area contributed by atoms with E-state index in [2.05, 4.69) is 4.98 Å². The Bertz CT molecular complexity index is 1350. The van der Waals surface area contributed by atoms with Crippen LogP contribution >= 0.6 is 0 Å². The van der Waals surface area contributed by atoms with Gasteiger partial charge in [0.1, 0.15) is 11.5 Å². The van der Waals surface area contributed by atoms with Gasteiger partial charge < -0.3 is 10.2 Å². The molecule has 3 aliphatic rings. The zero-order valence-electron chi connectivity index (χ0n) is 19.1. The number of aromatic nitrogens is 1. The maximum absolute atomic E-state index is 13.7. The minimum Gasteiger partial charge on any atom is -0.511 e. The van der Waals surface area contributed by atoms with Crippen LogP contribution in [0, 0.1) is 30.6 Å². The predicted octanol–water partition coefficient (Wildman–Crippen LogP) is 4.58. The fourth-order valence-corrected chi connectivity index (χ4v) is 6.06. The number of allylic oxidation sites excluding steroid dienone is 4. The van der Waals surface area contributed by atoms with Crippen molar-refractivity contribution in [2.75, 3.05) is 0 Å². The molecule has 174 valence electrons. The van der Waals surface area contributed by atoms with Crippen molar-refractivity contribution in [3.63, 3.8) is 0 Å². The van der Waals surface area contributed by atoms with E-state index in [-0.39, 0.29) is 45.8 Å². The van der Waals surface area contributed by atoms with Gasteiger partial charge in [0, 0.05) is 17.3 Å². The molecule has 2 N–H and O–H groups in total. The molecule has 34 heavy (non-hydrogen) atoms. The summed E-state index contributed by atoms with van der Waals surface area (Å²) in [5, 5.41) is 22.0. The van der Waals surface area contributed by atoms with E-state index in [0.29, 0.717) is 47.1 Å². The largest absolute Gasteiger partial charge is 0.511 e. The van der Waals surface area contributed by atoms with Crippen LogP contribution in [0.3, 0.4) is 0 Å². The topological polar surface area (TPSA) is 105 Å². The molecule has 0 fully saturated rings. The Morgan fingerprint density at radius 1 is 1.15 bits per heavy atom. The van der Waals surface area contributed by atoms with Crippen LogP contribution in [0.4, 0.5) is 4.39 Å². The van der Waals surface area contributed by atoms with Crippen molar-refractivity contribution in [3.8, 4) is 16.9 Å². The maximum Gasteiger partial charge on any atom is 0.212 e. The summed E-state index contributed by atoms with van der Waals surface area (Å²) < 4.78 is 13.4. The van der Waals surface area contributed by atoms with Crippen molar-refractivity contribution < 1.29 is 29.0 Å². The number of hydrogen-bond donors (Lipinski definition) is 2. The van der Waals surface area contributed by atoms with Gasteiger partial charge in [-0.25, -0.2) is 4.98 Å². The van der Waals surface area contributed by atoms with Gasteiger partial charge in [-0.1, -0.05) is 5.57 Å². The number of pyridine rings is 1. The zero-order valence-corrected chi connectivity index (χ0v) is 19.1. The average molecular weight is 461 g/mol. The van der Waals surface area contributed by atoms with Crippen LogP contribution in [0.5, 0.6) is 5.75 Å². The summed E-state index contributed by atoms with van der Waals surface area (Å²) in [5.41, 5.74) is 3.46. The number of Topliss-reactive ketones (excluding diaryl/α,β-unsaturated/α-hetero) is 3. The minimum atomic E-state index is -0.924. The molecule has 7 heteroatoms. The number of halogens is 1. The second kappa shape index (κ2) is 7.72. The molecule has 2 aromatic rings. The highest BCUT2D eigenvalue weighted by Crippen LogP contribution is 2.51. The Morgan fingerprint density at radius 3 is 2.53 bits per heavy atom. The Labute approximate surface area is 195 Å². The smallest absolute Gasteiger partial charge is 0.212 e. The molecular formula is C27H24FNO5. The molecular weight excluding hydrogens is 437 g/mol. The first-order valence-corrected chi connectivity index (χ1v) is 11.3. The predicted molar refractivity (Wildman–Crippen MR) is 122 cm³/mol. The van der Waals surface area contributed by atoms with Crippen molar-refractivity contribution >= 4 is 17.3 Å². The summed E-state index contributed by atoms with van der Waals surface area (Å²) in [6.45, 7) is 4.77. The molecule has 0 saturated carbocycles. The average Bonchev–Trinajstić information content (AvgIpc) is 2.76. The van der Waals surface area contributed by atoms with Gasteiger partial charge >= 0.3 is 0 Å². The first-order valence-electron chi connectivity index (χ1n) is 11.3. The molecule has 0 aliphatic heterocycles. The standard InChI is InChI=1S/C27H24FNO5/c1-11-6-15-8-16-9-18-17(14-4-5-19(28)29-10-14)7-12(2)24(31)23(18)27(34)22(16)26(33)21(15)25(32)20(11)13(3)30/h4-5,7,10,15-16,21,31,33H,6,8-9H2,1-3H3. The third-order valence-electron chi connectivity index (χ3n) is 7.47. The molecule has 1 aromatic carbocycles. The lowest BCUT2D eigenvalue weighted by molar-refractivity contribution is -0.125. The van der Waals surface area contributed by atoms with Gasteiger partial charge in [0.25, 0.3) is 0 Å². The van der Waals surface area contributed by atoms with Gasteiger partial charge in [-0.2, -0.15) is 4.39 Å². The summed E-state index contributed by atoms with van der Waals surface area (Å²) in [6.07, 6.45) is 2.76. The number of phenols is 1. The van der Waals surface area contributed by atoms with Crippen molar-refractivity contribution in [1.82, 2.24) is 4.98 Å². The second-order valence-electron chi connectivity index (χ2n) is 9.60. The quantitative estimate of drug-likeness (QED) is 0.501. The molecule has 3 atom stereocenters. The maximum atomic E-state index is 13.7. The van der Waals surface area contributed by atoms with Crippen LogP contribution < -0.4 is 0 Å².